The zero-order valence-corrected chi connectivity index (χ0v) is 14.7. The van der Waals surface area contributed by atoms with Crippen LogP contribution in [0, 0.1) is 0 Å². The Bertz CT molecular complexity index is 1030. The van der Waals surface area contributed by atoms with Crippen molar-refractivity contribution in [1.82, 2.24) is 0 Å². The summed E-state index contributed by atoms with van der Waals surface area (Å²) in [6.45, 7) is 0. The molecule has 0 spiro atoms. The number of fused-ring (bicyclic) bond motifs is 1. The van der Waals surface area contributed by atoms with E-state index in [-0.39, 0.29) is 23.0 Å². The first kappa shape index (κ1) is 21.4. The maximum absolute atomic E-state index is 13.6. The van der Waals surface area contributed by atoms with E-state index in [0.29, 0.717) is 0 Å². The topological polar surface area (TPSA) is 78.4 Å². The lowest BCUT2D eigenvalue weighted by Gasteiger charge is -2.32. The average molecular weight is 430 g/mol. The highest BCUT2D eigenvalue weighted by Gasteiger charge is 2.62. The summed E-state index contributed by atoms with van der Waals surface area (Å²) in [5, 5.41) is 13.8. The van der Waals surface area contributed by atoms with E-state index in [1.165, 1.54) is 18.2 Å². The minimum absolute atomic E-state index is 0.0932. The summed E-state index contributed by atoms with van der Waals surface area (Å²) in [6.07, 6.45) is -11.2. The van der Waals surface area contributed by atoms with Gasteiger partial charge >= 0.3 is 12.4 Å². The largest absolute Gasteiger partial charge is 0.454 e. The third-order valence-electron chi connectivity index (χ3n) is 4.31. The lowest BCUT2D eigenvalue weighted by atomic mass is 9.97. The molecule has 3 rings (SSSR count). The third-order valence-corrected chi connectivity index (χ3v) is 4.31. The molecule has 11 heteroatoms. The molecule has 0 saturated heterocycles. The Morgan fingerprint density at radius 3 is 2.07 bits per heavy atom. The van der Waals surface area contributed by atoms with Crippen LogP contribution in [0.5, 0.6) is 0 Å². The number of aliphatic hydroxyl groups is 1. The van der Waals surface area contributed by atoms with E-state index in [4.69, 9.17) is 0 Å². The highest BCUT2D eigenvalue weighted by molar-refractivity contribution is 6.10. The van der Waals surface area contributed by atoms with Crippen molar-refractivity contribution in [2.24, 2.45) is 0 Å². The molecule has 2 aromatic carbocycles. The molecule has 0 bridgehead atoms. The lowest BCUT2D eigenvalue weighted by Crippen LogP contribution is -2.56. The van der Waals surface area contributed by atoms with Gasteiger partial charge in [0.05, 0.1) is 16.9 Å². The number of alkyl halides is 6. The number of benzene rings is 2. The molecule has 0 fully saturated rings. The van der Waals surface area contributed by atoms with E-state index < -0.39 is 40.9 Å². The van der Waals surface area contributed by atoms with Crippen LogP contribution in [0.2, 0.25) is 0 Å². The third kappa shape index (κ3) is 3.75. The highest BCUT2D eigenvalue weighted by Crippen LogP contribution is 2.43. The highest BCUT2D eigenvalue weighted by atomic mass is 19.4. The Balaban J connectivity index is 2.08. The number of carbonyl (C=O) groups excluding carboxylic acids is 2. The number of carbonyl (C=O) groups is 2. The zero-order valence-electron chi connectivity index (χ0n) is 14.7. The average Bonchev–Trinajstić information content (AvgIpc) is 2.82. The molecule has 1 unspecified atom stereocenters. The van der Waals surface area contributed by atoms with Crippen molar-refractivity contribution in [2.75, 3.05) is 10.6 Å². The second-order valence-corrected chi connectivity index (χ2v) is 6.32. The monoisotopic (exact) mass is 430 g/mol. The first-order valence-electron chi connectivity index (χ1n) is 8.24. The molecular weight excluding hydrogens is 418 g/mol. The molecule has 0 saturated carbocycles. The minimum Gasteiger partial charge on any atom is -0.360 e. The van der Waals surface area contributed by atoms with Gasteiger partial charge in [-0.25, -0.2) is 0 Å². The molecular formula is C19H12F6N2O3. The van der Waals surface area contributed by atoms with Gasteiger partial charge in [0.15, 0.2) is 5.78 Å². The first-order chi connectivity index (χ1) is 13.8. The number of anilines is 2. The summed E-state index contributed by atoms with van der Waals surface area (Å²) < 4.78 is 79.1. The summed E-state index contributed by atoms with van der Waals surface area (Å²) in [5.74, 6) is -3.45. The lowest BCUT2D eigenvalue weighted by molar-refractivity contribution is -0.235. The maximum atomic E-state index is 13.6. The van der Waals surface area contributed by atoms with E-state index >= 15 is 0 Å². The Kier molecular flexibility index (Phi) is 5.11. The molecule has 0 radical (unpaired) electrons. The molecule has 0 aliphatic carbocycles. The predicted octanol–water partition coefficient (Wildman–Crippen LogP) is 4.02. The Hall–Kier alpha value is -3.34. The van der Waals surface area contributed by atoms with Gasteiger partial charge < -0.3 is 15.7 Å². The summed E-state index contributed by atoms with van der Waals surface area (Å²) >= 11 is 0. The van der Waals surface area contributed by atoms with Crippen LogP contribution < -0.4 is 10.6 Å². The van der Waals surface area contributed by atoms with Gasteiger partial charge in [0.1, 0.15) is 0 Å². The number of Topliss-reactive ketones (excluding diaryl/α,β-unsaturated/α-hetero) is 1. The van der Waals surface area contributed by atoms with Gasteiger partial charge in [0.25, 0.3) is 11.5 Å². The summed E-state index contributed by atoms with van der Waals surface area (Å²) in [4.78, 5) is 24.1. The van der Waals surface area contributed by atoms with E-state index in [9.17, 15) is 41.0 Å². The van der Waals surface area contributed by atoms with Crippen LogP contribution in [-0.2, 0) is 4.79 Å². The van der Waals surface area contributed by atoms with Gasteiger partial charge in [-0.1, -0.05) is 30.3 Å². The van der Waals surface area contributed by atoms with Crippen molar-refractivity contribution < 1.29 is 41.0 Å². The number of rotatable bonds is 3. The van der Waals surface area contributed by atoms with Gasteiger partial charge in [0, 0.05) is 17.3 Å². The second-order valence-electron chi connectivity index (χ2n) is 6.32. The number of hydrogen-bond acceptors (Lipinski definition) is 5. The smallest absolute Gasteiger partial charge is 0.360 e. The van der Waals surface area contributed by atoms with Crippen molar-refractivity contribution in [3.8, 4) is 0 Å². The van der Waals surface area contributed by atoms with Gasteiger partial charge in [-0.2, -0.15) is 26.3 Å². The first-order valence-corrected chi connectivity index (χ1v) is 8.24. The molecule has 30 heavy (non-hydrogen) atoms. The van der Waals surface area contributed by atoms with Gasteiger partial charge in [-0.15, -0.1) is 0 Å². The summed E-state index contributed by atoms with van der Waals surface area (Å²) in [7, 11) is 0. The van der Waals surface area contributed by atoms with E-state index in [2.05, 4.69) is 5.32 Å². The molecule has 5 nitrogen and oxygen atoms in total. The van der Waals surface area contributed by atoms with Gasteiger partial charge in [-0.3, -0.25) is 9.59 Å². The van der Waals surface area contributed by atoms with Crippen LogP contribution in [0.1, 0.15) is 15.9 Å². The van der Waals surface area contributed by atoms with Crippen molar-refractivity contribution in [3.05, 3.63) is 71.4 Å². The molecule has 2 aromatic rings. The van der Waals surface area contributed by atoms with E-state index in [1.54, 1.807) is 23.5 Å². The SMILES string of the molecule is O=C(c1ccccc1)c1ccc2c(c1)NC(O)(C(F)(F)F)C(C(=O)C(F)(F)F)=CN2. The maximum Gasteiger partial charge on any atom is 0.454 e. The Morgan fingerprint density at radius 1 is 0.867 bits per heavy atom. The van der Waals surface area contributed by atoms with E-state index in [1.807, 2.05) is 0 Å². The fourth-order valence-corrected chi connectivity index (χ4v) is 2.79. The van der Waals surface area contributed by atoms with Gasteiger partial charge in [-0.05, 0) is 18.2 Å². The summed E-state index contributed by atoms with van der Waals surface area (Å²) in [5.41, 5.74) is -6.94. The quantitative estimate of drug-likeness (QED) is 0.507. The number of nitrogens with one attached hydrogen (secondary N) is 2. The van der Waals surface area contributed by atoms with Crippen LogP contribution in [0.15, 0.2) is 60.3 Å². The zero-order chi connectivity index (χ0) is 22.3. The Labute approximate surface area is 165 Å². The predicted molar refractivity (Wildman–Crippen MR) is 93.7 cm³/mol. The molecule has 1 aliphatic rings. The number of ketones is 2. The normalized spacial score (nSPS) is 19.0. The number of hydrogen-bond donors (Lipinski definition) is 3. The molecule has 0 amide bonds. The van der Waals surface area contributed by atoms with E-state index in [0.717, 1.165) is 12.1 Å². The second kappa shape index (κ2) is 7.17. The molecule has 0 aromatic heterocycles. The molecule has 1 aliphatic heterocycles. The van der Waals surface area contributed by atoms with Crippen molar-refractivity contribution in [1.29, 1.82) is 0 Å². The van der Waals surface area contributed by atoms with Crippen LogP contribution in [0.3, 0.4) is 0 Å². The van der Waals surface area contributed by atoms with Gasteiger partial charge in [0.2, 0.25) is 0 Å². The van der Waals surface area contributed by atoms with Crippen LogP contribution in [-0.4, -0.2) is 34.8 Å². The van der Waals surface area contributed by atoms with Crippen molar-refractivity contribution in [2.45, 2.75) is 18.1 Å². The van der Waals surface area contributed by atoms with Crippen molar-refractivity contribution >= 4 is 22.9 Å². The van der Waals surface area contributed by atoms with Crippen LogP contribution >= 0.6 is 0 Å². The molecule has 1 heterocycles. The molecule has 1 atom stereocenters. The fourth-order valence-electron chi connectivity index (χ4n) is 2.79. The summed E-state index contributed by atoms with van der Waals surface area (Å²) in [6, 6.07) is 11.0. The van der Waals surface area contributed by atoms with Crippen LogP contribution in [0.25, 0.3) is 0 Å². The Morgan fingerprint density at radius 2 is 1.50 bits per heavy atom. The molecule has 158 valence electrons. The van der Waals surface area contributed by atoms with Crippen molar-refractivity contribution in [3.63, 3.8) is 0 Å². The number of halogens is 6. The fraction of sp³-hybridized carbons (Fsp3) is 0.158. The molecule has 3 N–H and O–H groups in total. The standard InChI is InChI=1S/C19H12F6N2O3/c20-18(21,22)16(29)12-9-26-13-7-6-11(15(28)10-4-2-1-3-5-10)8-14(13)27-17(12,30)19(23,24)25/h1-9,26-27,30H. The minimum atomic E-state index is -5.71. The van der Waals surface area contributed by atoms with Crippen LogP contribution in [0.4, 0.5) is 37.7 Å².